The maximum atomic E-state index is 14.5. The third-order valence-corrected chi connectivity index (χ3v) is 9.07. The number of nitrogens with zero attached hydrogens (tertiary/aromatic N) is 3. The molecule has 43 heavy (non-hydrogen) atoms. The van der Waals surface area contributed by atoms with Crippen molar-refractivity contribution in [2.45, 2.75) is 49.7 Å². The van der Waals surface area contributed by atoms with Crippen LogP contribution in [0.3, 0.4) is 0 Å². The summed E-state index contributed by atoms with van der Waals surface area (Å²) in [5.74, 6) is -4.43. The molecular formula is C31H30F3N5O3S. The molecule has 4 aromatic rings. The average Bonchev–Trinajstić information content (AvgIpc) is 3.33. The number of anilines is 1. The van der Waals surface area contributed by atoms with Crippen LogP contribution in [-0.4, -0.2) is 47.1 Å². The van der Waals surface area contributed by atoms with Crippen molar-refractivity contribution < 1.29 is 26.4 Å². The Hall–Kier alpha value is -4.29. The Morgan fingerprint density at radius 2 is 1.81 bits per heavy atom. The molecule has 0 aliphatic carbocycles. The third-order valence-electron chi connectivity index (χ3n) is 7.20. The van der Waals surface area contributed by atoms with Crippen molar-refractivity contribution in [1.29, 1.82) is 0 Å². The molecule has 2 aromatic carbocycles. The summed E-state index contributed by atoms with van der Waals surface area (Å²) in [6, 6.07) is 17.0. The highest BCUT2D eigenvalue weighted by atomic mass is 32.2. The molecule has 3 heterocycles. The van der Waals surface area contributed by atoms with Crippen LogP contribution < -0.4 is 10.6 Å². The number of hydrogen-bond acceptors (Lipinski definition) is 6. The first-order valence-corrected chi connectivity index (χ1v) is 15.0. The number of benzene rings is 2. The zero-order valence-corrected chi connectivity index (χ0v) is 24.3. The van der Waals surface area contributed by atoms with Gasteiger partial charge in [-0.3, -0.25) is 9.78 Å². The molecule has 0 bridgehead atoms. The quantitative estimate of drug-likeness (QED) is 0.261. The molecule has 2 N–H and O–H groups in total. The first-order valence-electron chi connectivity index (χ1n) is 13.6. The van der Waals surface area contributed by atoms with E-state index in [9.17, 15) is 26.4 Å². The van der Waals surface area contributed by atoms with E-state index in [1.54, 1.807) is 24.5 Å². The number of halogens is 3. The van der Waals surface area contributed by atoms with Crippen LogP contribution in [-0.2, 0) is 21.4 Å². The lowest BCUT2D eigenvalue weighted by atomic mass is 10.1. The summed E-state index contributed by atoms with van der Waals surface area (Å²) in [7, 11) is -4.50. The van der Waals surface area contributed by atoms with Crippen LogP contribution in [0.2, 0.25) is 0 Å². The van der Waals surface area contributed by atoms with E-state index in [1.807, 2.05) is 50.2 Å². The predicted molar refractivity (Wildman–Crippen MR) is 156 cm³/mol. The summed E-state index contributed by atoms with van der Waals surface area (Å²) in [5, 5.41) is 5.98. The summed E-state index contributed by atoms with van der Waals surface area (Å²) >= 11 is 0. The van der Waals surface area contributed by atoms with E-state index < -0.39 is 46.7 Å². The van der Waals surface area contributed by atoms with E-state index in [0.717, 1.165) is 41.0 Å². The molecule has 1 aliphatic rings. The van der Waals surface area contributed by atoms with Crippen molar-refractivity contribution >= 4 is 21.7 Å². The number of amides is 1. The molecule has 1 unspecified atom stereocenters. The van der Waals surface area contributed by atoms with Gasteiger partial charge in [0.25, 0.3) is 5.92 Å². The molecule has 2 atom stereocenters. The molecule has 1 saturated heterocycles. The van der Waals surface area contributed by atoms with Gasteiger partial charge >= 0.3 is 0 Å². The highest BCUT2D eigenvalue weighted by molar-refractivity contribution is 7.89. The molecule has 1 amide bonds. The van der Waals surface area contributed by atoms with Crippen LogP contribution in [0, 0.1) is 12.7 Å². The zero-order chi connectivity index (χ0) is 30.8. The van der Waals surface area contributed by atoms with Crippen LogP contribution in [0.25, 0.3) is 11.3 Å². The monoisotopic (exact) mass is 609 g/mol. The van der Waals surface area contributed by atoms with E-state index in [4.69, 9.17) is 4.98 Å². The molecule has 1 aliphatic heterocycles. The highest BCUT2D eigenvalue weighted by Crippen LogP contribution is 2.36. The Morgan fingerprint density at radius 1 is 1.09 bits per heavy atom. The highest BCUT2D eigenvalue weighted by Gasteiger charge is 2.52. The van der Waals surface area contributed by atoms with Crippen LogP contribution in [0.5, 0.6) is 0 Å². The van der Waals surface area contributed by atoms with E-state index in [0.29, 0.717) is 21.4 Å². The van der Waals surface area contributed by atoms with Gasteiger partial charge in [-0.1, -0.05) is 35.9 Å². The first kappa shape index (κ1) is 30.2. The largest absolute Gasteiger partial charge is 0.363 e. The van der Waals surface area contributed by atoms with Gasteiger partial charge in [-0.15, -0.1) is 0 Å². The van der Waals surface area contributed by atoms with Crippen molar-refractivity contribution in [3.8, 4) is 11.3 Å². The van der Waals surface area contributed by atoms with Gasteiger partial charge in [0.15, 0.2) is 0 Å². The van der Waals surface area contributed by atoms with Crippen molar-refractivity contribution in [2.24, 2.45) is 0 Å². The minimum Gasteiger partial charge on any atom is -0.363 e. The number of hydrogen-bond donors (Lipinski definition) is 2. The molecule has 12 heteroatoms. The number of carbonyl (C=O) groups excluding carboxylic acids is 1. The lowest BCUT2D eigenvalue weighted by Gasteiger charge is -2.23. The number of aryl methyl sites for hydroxylation is 1. The van der Waals surface area contributed by atoms with Crippen LogP contribution >= 0.6 is 0 Å². The number of carbonyl (C=O) groups is 1. The van der Waals surface area contributed by atoms with Gasteiger partial charge in [-0.25, -0.2) is 26.6 Å². The Labute approximate surface area is 248 Å². The SMILES string of the molecule is Cc1ccc(-c2cc(CNC(=O)[C@@H]3CC(F)(F)CN3S(=O)(=O)c3ccc(F)cc3)cc(NC(C)c3cccnc3)n2)cc1. The summed E-state index contributed by atoms with van der Waals surface area (Å²) in [4.78, 5) is 21.8. The first-order chi connectivity index (χ1) is 20.4. The minimum absolute atomic E-state index is 0.0668. The number of pyridine rings is 2. The fourth-order valence-electron chi connectivity index (χ4n) is 4.89. The van der Waals surface area contributed by atoms with Crippen molar-refractivity contribution in [3.05, 3.63) is 108 Å². The summed E-state index contributed by atoms with van der Waals surface area (Å²) < 4.78 is 69.2. The van der Waals surface area contributed by atoms with Crippen molar-refractivity contribution in [1.82, 2.24) is 19.6 Å². The molecule has 0 saturated carbocycles. The van der Waals surface area contributed by atoms with Gasteiger partial charge in [-0.05, 0) is 67.4 Å². The summed E-state index contributed by atoms with van der Waals surface area (Å²) in [6.07, 6.45) is 2.45. The molecule has 1 fully saturated rings. The maximum absolute atomic E-state index is 14.5. The lowest BCUT2D eigenvalue weighted by molar-refractivity contribution is -0.124. The fourth-order valence-corrected chi connectivity index (χ4v) is 6.50. The Kier molecular flexibility index (Phi) is 8.52. The fraction of sp³-hybridized carbons (Fsp3) is 0.258. The van der Waals surface area contributed by atoms with E-state index >= 15 is 0 Å². The number of rotatable bonds is 9. The summed E-state index contributed by atoms with van der Waals surface area (Å²) in [6.45, 7) is 2.70. The van der Waals surface area contributed by atoms with Gasteiger partial charge in [0.05, 0.1) is 23.2 Å². The van der Waals surface area contributed by atoms with E-state index in [1.165, 1.54) is 0 Å². The lowest BCUT2D eigenvalue weighted by Crippen LogP contribution is -2.45. The number of aromatic nitrogens is 2. The molecule has 2 aromatic heterocycles. The molecular weight excluding hydrogens is 579 g/mol. The van der Waals surface area contributed by atoms with Gasteiger partial charge in [0.2, 0.25) is 15.9 Å². The van der Waals surface area contributed by atoms with Crippen molar-refractivity contribution in [2.75, 3.05) is 11.9 Å². The van der Waals surface area contributed by atoms with E-state index in [-0.39, 0.29) is 17.5 Å². The molecule has 8 nitrogen and oxygen atoms in total. The normalized spacial score (nSPS) is 17.4. The van der Waals surface area contributed by atoms with Gasteiger partial charge in [-0.2, -0.15) is 4.31 Å². The maximum Gasteiger partial charge on any atom is 0.263 e. The van der Waals surface area contributed by atoms with Crippen LogP contribution in [0.1, 0.15) is 36.1 Å². The number of nitrogens with one attached hydrogen (secondary N) is 2. The minimum atomic E-state index is -4.50. The Bertz CT molecular complexity index is 1700. The topological polar surface area (TPSA) is 104 Å². The van der Waals surface area contributed by atoms with Crippen LogP contribution in [0.4, 0.5) is 19.0 Å². The Balaban J connectivity index is 1.39. The number of sulfonamides is 1. The molecule has 5 rings (SSSR count). The molecule has 224 valence electrons. The van der Waals surface area contributed by atoms with Gasteiger partial charge < -0.3 is 10.6 Å². The smallest absolute Gasteiger partial charge is 0.263 e. The van der Waals surface area contributed by atoms with Crippen molar-refractivity contribution in [3.63, 3.8) is 0 Å². The molecule has 0 spiro atoms. The number of alkyl halides is 2. The standard InChI is InChI=1S/C31H30F3N5O3S/c1-20-5-7-23(8-6-20)27-14-22(15-29(38-27)37-21(2)24-4-3-13-35-18-24)17-36-30(40)28-16-31(33,34)19-39(28)43(41,42)26-11-9-25(32)10-12-26/h3-15,18,21,28H,16-17,19H2,1-2H3,(H,36,40)(H,37,38)/t21?,28-/m0/s1. The zero-order valence-electron chi connectivity index (χ0n) is 23.5. The van der Waals surface area contributed by atoms with Crippen LogP contribution in [0.15, 0.2) is 90.1 Å². The van der Waals surface area contributed by atoms with Gasteiger partial charge in [0, 0.05) is 30.9 Å². The Morgan fingerprint density at radius 3 is 2.49 bits per heavy atom. The van der Waals surface area contributed by atoms with Gasteiger partial charge in [0.1, 0.15) is 17.7 Å². The second-order valence-corrected chi connectivity index (χ2v) is 12.5. The second-order valence-electron chi connectivity index (χ2n) is 10.6. The van der Waals surface area contributed by atoms with E-state index in [2.05, 4.69) is 15.6 Å². The summed E-state index contributed by atoms with van der Waals surface area (Å²) in [5.41, 5.74) is 4.09. The average molecular weight is 610 g/mol. The second kappa shape index (κ2) is 12.1. The molecule has 0 radical (unpaired) electrons. The predicted octanol–water partition coefficient (Wildman–Crippen LogP) is 5.48. The third kappa shape index (κ3) is 7.03.